The lowest BCUT2D eigenvalue weighted by molar-refractivity contribution is -0.194. The van der Waals surface area contributed by atoms with E-state index in [1.807, 2.05) is 0 Å². The summed E-state index contributed by atoms with van der Waals surface area (Å²) in [6.07, 6.45) is 10.5. The Labute approximate surface area is 156 Å². The smallest absolute Gasteiger partial charge is 0.171 e. The Hall–Kier alpha value is -0.710. The van der Waals surface area contributed by atoms with Gasteiger partial charge in [0.05, 0.1) is 0 Å². The van der Waals surface area contributed by atoms with Crippen molar-refractivity contribution in [2.75, 3.05) is 5.75 Å². The topological polar surface area (TPSA) is 41.5 Å². The van der Waals surface area contributed by atoms with Gasteiger partial charge in [-0.3, -0.25) is 0 Å². The summed E-state index contributed by atoms with van der Waals surface area (Å²) >= 11 is -0.745. The molecule has 1 aromatic rings. The highest BCUT2D eigenvalue weighted by atomic mass is 32.2. The van der Waals surface area contributed by atoms with E-state index in [1.165, 1.54) is 43.2 Å². The second-order valence-corrected chi connectivity index (χ2v) is 9.17. The predicted molar refractivity (Wildman–Crippen MR) is 105 cm³/mol. The number of benzene rings is 1. The molecule has 142 valence electrons. The van der Waals surface area contributed by atoms with Crippen LogP contribution in [0.15, 0.2) is 12.1 Å². The van der Waals surface area contributed by atoms with Crippen LogP contribution < -0.4 is 4.89 Å². The summed E-state index contributed by atoms with van der Waals surface area (Å²) in [5.74, 6) is 1.70. The van der Waals surface area contributed by atoms with Crippen molar-refractivity contribution in [1.82, 2.24) is 0 Å². The molecule has 0 radical (unpaired) electrons. The first-order chi connectivity index (χ1) is 12.2. The van der Waals surface area contributed by atoms with Crippen molar-refractivity contribution in [3.05, 3.63) is 28.8 Å². The van der Waals surface area contributed by atoms with Crippen LogP contribution in [0.5, 0.6) is 5.75 Å². The summed E-state index contributed by atoms with van der Waals surface area (Å²) in [5, 5.41) is 0.201. The zero-order valence-electron chi connectivity index (χ0n) is 16.1. The Balaban J connectivity index is 1.85. The first-order valence-corrected chi connectivity index (χ1v) is 11.3. The minimum atomic E-state index is -0.745. The van der Waals surface area contributed by atoms with E-state index in [1.54, 1.807) is 0 Å². The van der Waals surface area contributed by atoms with E-state index in [0.29, 0.717) is 6.61 Å². The van der Waals surface area contributed by atoms with E-state index in [9.17, 15) is 4.55 Å². The monoisotopic (exact) mass is 366 g/mol. The number of unbranched alkanes of at least 4 members (excludes halogenated alkanes) is 5. The van der Waals surface area contributed by atoms with Crippen LogP contribution in [0.2, 0.25) is 0 Å². The normalized spacial score (nSPS) is 15.7. The summed E-state index contributed by atoms with van der Waals surface area (Å²) in [4.78, 5) is 10.3. The van der Waals surface area contributed by atoms with E-state index in [4.69, 9.17) is 9.78 Å². The van der Waals surface area contributed by atoms with Crippen LogP contribution in [0.25, 0.3) is 0 Å². The van der Waals surface area contributed by atoms with Gasteiger partial charge >= 0.3 is 0 Å². The van der Waals surface area contributed by atoms with Gasteiger partial charge in [0, 0.05) is 12.0 Å². The first-order valence-electron chi connectivity index (χ1n) is 9.97. The van der Waals surface area contributed by atoms with Gasteiger partial charge in [-0.2, -0.15) is 4.89 Å². The molecule has 0 bridgehead atoms. The molecule has 0 fully saturated rings. The second-order valence-electron chi connectivity index (χ2n) is 7.19. The molecular weight excluding hydrogens is 332 g/mol. The lowest BCUT2D eigenvalue weighted by Gasteiger charge is -2.20. The number of rotatable bonds is 12. The molecule has 2 unspecified atom stereocenters. The maximum absolute atomic E-state index is 12.6. The Bertz CT molecular complexity index is 518. The zero-order chi connectivity index (χ0) is 18.1. The van der Waals surface area contributed by atoms with Crippen LogP contribution in [0, 0.1) is 0 Å². The SMILES string of the molecule is CCCCCCCC[S+]([O-])C(C)Cc1cc2c(cc1CCC)OOC2. The highest BCUT2D eigenvalue weighted by Crippen LogP contribution is 2.31. The Morgan fingerprint density at radius 2 is 1.80 bits per heavy atom. The average Bonchev–Trinajstić information content (AvgIpc) is 3.05. The van der Waals surface area contributed by atoms with Crippen molar-refractivity contribution >= 4 is 11.2 Å². The molecular formula is C21H34O3S. The van der Waals surface area contributed by atoms with Gasteiger partial charge in [-0.25, -0.2) is 0 Å². The molecule has 2 rings (SSSR count). The van der Waals surface area contributed by atoms with Crippen LogP contribution in [-0.4, -0.2) is 15.6 Å². The molecule has 1 heterocycles. The van der Waals surface area contributed by atoms with E-state index >= 15 is 0 Å². The fourth-order valence-corrected chi connectivity index (χ4v) is 4.64. The molecule has 1 aromatic carbocycles. The van der Waals surface area contributed by atoms with Gasteiger partial charge in [-0.15, -0.1) is 0 Å². The minimum absolute atomic E-state index is 0.201. The van der Waals surface area contributed by atoms with Crippen LogP contribution >= 0.6 is 0 Å². The van der Waals surface area contributed by atoms with E-state index in [0.717, 1.165) is 42.7 Å². The summed E-state index contributed by atoms with van der Waals surface area (Å²) < 4.78 is 12.6. The molecule has 1 aliphatic rings. The quantitative estimate of drug-likeness (QED) is 0.278. The molecule has 0 saturated carbocycles. The van der Waals surface area contributed by atoms with Crippen molar-refractivity contribution in [2.24, 2.45) is 0 Å². The van der Waals surface area contributed by atoms with Crippen LogP contribution in [0.3, 0.4) is 0 Å². The van der Waals surface area contributed by atoms with Crippen molar-refractivity contribution in [2.45, 2.75) is 90.4 Å². The second kappa shape index (κ2) is 11.1. The highest BCUT2D eigenvalue weighted by Gasteiger charge is 2.22. The standard InChI is InChI=1S/C21H34O3S/c1-4-6-7-8-9-10-12-25(22)17(3)13-19-14-20-16-23-24-21(20)15-18(19)11-5-2/h14-15,17H,4-13,16H2,1-3H3. The van der Waals surface area contributed by atoms with E-state index < -0.39 is 11.2 Å². The lowest BCUT2D eigenvalue weighted by atomic mass is 9.96. The molecule has 0 aliphatic carbocycles. The molecule has 0 amide bonds. The molecule has 1 aliphatic heterocycles. The average molecular weight is 367 g/mol. The predicted octanol–water partition coefficient (Wildman–Crippen LogP) is 5.50. The zero-order valence-corrected chi connectivity index (χ0v) is 17.0. The molecule has 0 spiro atoms. The van der Waals surface area contributed by atoms with Gasteiger partial charge in [0.1, 0.15) is 17.6 Å². The summed E-state index contributed by atoms with van der Waals surface area (Å²) in [5.41, 5.74) is 3.75. The largest absolute Gasteiger partial charge is 0.616 e. The number of hydrogen-bond acceptors (Lipinski definition) is 3. The van der Waals surface area contributed by atoms with E-state index in [2.05, 4.69) is 32.9 Å². The minimum Gasteiger partial charge on any atom is -0.616 e. The van der Waals surface area contributed by atoms with Crippen LogP contribution in [-0.2, 0) is 35.5 Å². The fourth-order valence-electron chi connectivity index (χ4n) is 3.39. The Kier molecular flexibility index (Phi) is 9.14. The molecule has 4 heteroatoms. The van der Waals surface area contributed by atoms with Gasteiger partial charge in [0.25, 0.3) is 0 Å². The summed E-state index contributed by atoms with van der Waals surface area (Å²) in [6, 6.07) is 4.32. The van der Waals surface area contributed by atoms with Gasteiger partial charge in [0.2, 0.25) is 0 Å². The van der Waals surface area contributed by atoms with Crippen molar-refractivity contribution < 1.29 is 14.3 Å². The third-order valence-corrected chi connectivity index (χ3v) is 6.68. The van der Waals surface area contributed by atoms with Crippen molar-refractivity contribution in [3.63, 3.8) is 0 Å². The Morgan fingerprint density at radius 3 is 2.56 bits per heavy atom. The maximum Gasteiger partial charge on any atom is 0.171 e. The number of hydrogen-bond donors (Lipinski definition) is 0. The molecule has 0 N–H and O–H groups in total. The first kappa shape index (κ1) is 20.6. The number of fused-ring (bicyclic) bond motifs is 1. The fraction of sp³-hybridized carbons (Fsp3) is 0.714. The summed E-state index contributed by atoms with van der Waals surface area (Å²) in [7, 11) is 0. The van der Waals surface area contributed by atoms with Crippen LogP contribution in [0.1, 0.15) is 82.4 Å². The van der Waals surface area contributed by atoms with Gasteiger partial charge in [-0.1, -0.05) is 57.1 Å². The molecule has 2 atom stereocenters. The van der Waals surface area contributed by atoms with Gasteiger partial charge in [-0.05, 0) is 49.4 Å². The van der Waals surface area contributed by atoms with E-state index in [-0.39, 0.29) is 5.25 Å². The molecule has 3 nitrogen and oxygen atoms in total. The Morgan fingerprint density at radius 1 is 1.04 bits per heavy atom. The number of aryl methyl sites for hydroxylation is 1. The molecule has 25 heavy (non-hydrogen) atoms. The highest BCUT2D eigenvalue weighted by molar-refractivity contribution is 7.91. The van der Waals surface area contributed by atoms with Gasteiger partial charge < -0.3 is 9.44 Å². The van der Waals surface area contributed by atoms with Crippen molar-refractivity contribution in [1.29, 1.82) is 0 Å². The third-order valence-electron chi connectivity index (χ3n) is 4.92. The van der Waals surface area contributed by atoms with Crippen molar-refractivity contribution in [3.8, 4) is 5.75 Å². The third kappa shape index (κ3) is 6.50. The van der Waals surface area contributed by atoms with Gasteiger partial charge in [0.15, 0.2) is 5.75 Å². The van der Waals surface area contributed by atoms with Crippen LogP contribution in [0.4, 0.5) is 0 Å². The molecule has 0 aromatic heterocycles. The lowest BCUT2D eigenvalue weighted by Crippen LogP contribution is -2.24. The maximum atomic E-state index is 12.6. The molecule has 0 saturated heterocycles. The summed E-state index contributed by atoms with van der Waals surface area (Å²) in [6.45, 7) is 7.07.